The van der Waals surface area contributed by atoms with Crippen molar-refractivity contribution in [3.63, 3.8) is 0 Å². The predicted molar refractivity (Wildman–Crippen MR) is 134 cm³/mol. The van der Waals surface area contributed by atoms with Crippen molar-refractivity contribution in [1.29, 1.82) is 0 Å². The van der Waals surface area contributed by atoms with Crippen LogP contribution in [0.25, 0.3) is 15.9 Å². The molecule has 0 aliphatic heterocycles. The number of nitrogens with zero attached hydrogens (tertiary/aromatic N) is 3. The molecule has 33 heavy (non-hydrogen) atoms. The highest BCUT2D eigenvalue weighted by Crippen LogP contribution is 2.36. The third kappa shape index (κ3) is 4.42. The first-order valence-electron chi connectivity index (χ1n) is 10.7. The lowest BCUT2D eigenvalue weighted by molar-refractivity contribution is -0.114. The Bertz CT molecular complexity index is 1390. The maximum Gasteiger partial charge on any atom is 0.267 e. The standard InChI is InChI=1S/C23H22N4O3S3/c1-3-30-16-9-7-15(8-10-16)27-21(29)19-17-5-4-6-18(17)33-20(19)26-23(27)32-12-14-11-31-22(25-14)24-13(2)28/h7-11H,3-6,12H2,1-2H3,(H,24,25,28). The lowest BCUT2D eigenvalue weighted by Gasteiger charge is -2.13. The van der Waals surface area contributed by atoms with E-state index in [9.17, 15) is 9.59 Å². The van der Waals surface area contributed by atoms with E-state index in [1.807, 2.05) is 36.6 Å². The van der Waals surface area contributed by atoms with Gasteiger partial charge in [0.2, 0.25) is 5.91 Å². The van der Waals surface area contributed by atoms with Gasteiger partial charge in [-0.05, 0) is 56.0 Å². The number of rotatable bonds is 7. The van der Waals surface area contributed by atoms with Gasteiger partial charge in [-0.1, -0.05) is 11.8 Å². The van der Waals surface area contributed by atoms with Crippen LogP contribution in [-0.2, 0) is 23.4 Å². The third-order valence-electron chi connectivity index (χ3n) is 5.30. The van der Waals surface area contributed by atoms with Gasteiger partial charge in [-0.15, -0.1) is 22.7 Å². The second kappa shape index (κ2) is 9.28. The molecule has 1 aromatic carbocycles. The van der Waals surface area contributed by atoms with Crippen LogP contribution in [0.1, 0.15) is 36.4 Å². The fraction of sp³-hybridized carbons (Fsp3) is 0.304. The largest absolute Gasteiger partial charge is 0.494 e. The van der Waals surface area contributed by atoms with Crippen molar-refractivity contribution in [3.8, 4) is 11.4 Å². The second-order valence-corrected chi connectivity index (χ2v) is 10.5. The number of amides is 1. The predicted octanol–water partition coefficient (Wildman–Crippen LogP) is 5.04. The van der Waals surface area contributed by atoms with E-state index in [0.717, 1.165) is 46.6 Å². The first-order chi connectivity index (χ1) is 16.0. The number of anilines is 1. The minimum absolute atomic E-state index is 0.0247. The summed E-state index contributed by atoms with van der Waals surface area (Å²) in [7, 11) is 0. The topological polar surface area (TPSA) is 86.1 Å². The molecule has 3 aromatic heterocycles. The first-order valence-corrected chi connectivity index (χ1v) is 13.4. The molecule has 1 aliphatic rings. The van der Waals surface area contributed by atoms with E-state index in [1.54, 1.807) is 15.9 Å². The minimum atomic E-state index is -0.147. The monoisotopic (exact) mass is 498 g/mol. The van der Waals surface area contributed by atoms with Crippen LogP contribution in [0.5, 0.6) is 5.75 Å². The lowest BCUT2D eigenvalue weighted by atomic mass is 10.2. The molecule has 0 fully saturated rings. The molecule has 1 amide bonds. The van der Waals surface area contributed by atoms with Crippen LogP contribution in [0.2, 0.25) is 0 Å². The van der Waals surface area contributed by atoms with Crippen molar-refractivity contribution in [2.24, 2.45) is 0 Å². The zero-order valence-corrected chi connectivity index (χ0v) is 20.7. The highest BCUT2D eigenvalue weighted by atomic mass is 32.2. The summed E-state index contributed by atoms with van der Waals surface area (Å²) in [6.45, 7) is 3.99. The fourth-order valence-electron chi connectivity index (χ4n) is 3.93. The molecule has 0 atom stereocenters. The average Bonchev–Trinajstić information content (AvgIpc) is 3.49. The molecule has 7 nitrogen and oxygen atoms in total. The fourth-order valence-corrected chi connectivity index (χ4v) is 7.00. The SMILES string of the molecule is CCOc1ccc(-n2c(SCc3csc(NC(C)=O)n3)nc3sc4c(c3c2=O)CCC4)cc1. The number of thiazole rings is 1. The number of hydrogen-bond acceptors (Lipinski definition) is 8. The molecule has 1 aliphatic carbocycles. The number of benzene rings is 1. The Morgan fingerprint density at radius 3 is 2.82 bits per heavy atom. The summed E-state index contributed by atoms with van der Waals surface area (Å²) in [5.41, 5.74) is 2.73. The van der Waals surface area contributed by atoms with Crippen LogP contribution < -0.4 is 15.6 Å². The van der Waals surface area contributed by atoms with E-state index in [-0.39, 0.29) is 11.5 Å². The Labute approximate surface area is 202 Å². The van der Waals surface area contributed by atoms with E-state index < -0.39 is 0 Å². The Morgan fingerprint density at radius 2 is 2.06 bits per heavy atom. The van der Waals surface area contributed by atoms with Crippen LogP contribution in [0.15, 0.2) is 39.6 Å². The van der Waals surface area contributed by atoms with Gasteiger partial charge in [0.05, 0.1) is 23.4 Å². The number of hydrogen-bond donors (Lipinski definition) is 1. The van der Waals surface area contributed by atoms with Crippen molar-refractivity contribution in [1.82, 2.24) is 14.5 Å². The van der Waals surface area contributed by atoms with Gasteiger partial charge >= 0.3 is 0 Å². The summed E-state index contributed by atoms with van der Waals surface area (Å²) >= 11 is 4.50. The Balaban J connectivity index is 1.55. The van der Waals surface area contributed by atoms with E-state index >= 15 is 0 Å². The van der Waals surface area contributed by atoms with Gasteiger partial charge in [-0.2, -0.15) is 0 Å². The minimum Gasteiger partial charge on any atom is -0.494 e. The number of fused-ring (bicyclic) bond motifs is 3. The first kappa shape index (κ1) is 22.1. The van der Waals surface area contributed by atoms with Gasteiger partial charge in [0.15, 0.2) is 10.3 Å². The summed E-state index contributed by atoms with van der Waals surface area (Å²) in [5.74, 6) is 1.16. The molecule has 3 heterocycles. The molecule has 1 N–H and O–H groups in total. The zero-order chi connectivity index (χ0) is 22.9. The Morgan fingerprint density at radius 1 is 1.24 bits per heavy atom. The number of carbonyl (C=O) groups is 1. The van der Waals surface area contributed by atoms with Gasteiger partial charge < -0.3 is 10.1 Å². The van der Waals surface area contributed by atoms with Crippen LogP contribution in [-0.4, -0.2) is 27.0 Å². The molecule has 0 spiro atoms. The number of ether oxygens (including phenoxy) is 1. The molecular weight excluding hydrogens is 476 g/mol. The highest BCUT2D eigenvalue weighted by molar-refractivity contribution is 7.98. The summed E-state index contributed by atoms with van der Waals surface area (Å²) < 4.78 is 7.27. The maximum absolute atomic E-state index is 13.7. The molecule has 0 saturated heterocycles. The van der Waals surface area contributed by atoms with Gasteiger partial charge in [0.1, 0.15) is 10.6 Å². The van der Waals surface area contributed by atoms with E-state index in [0.29, 0.717) is 22.6 Å². The Hall–Kier alpha value is -2.69. The summed E-state index contributed by atoms with van der Waals surface area (Å²) in [5, 5.41) is 6.58. The van der Waals surface area contributed by atoms with Crippen molar-refractivity contribution < 1.29 is 9.53 Å². The molecule has 10 heteroatoms. The molecule has 0 radical (unpaired) electrons. The van der Waals surface area contributed by atoms with E-state index in [1.165, 1.54) is 40.5 Å². The average molecular weight is 499 g/mol. The van der Waals surface area contributed by atoms with E-state index in [2.05, 4.69) is 10.3 Å². The van der Waals surface area contributed by atoms with Gasteiger partial charge in [0, 0.05) is 22.9 Å². The van der Waals surface area contributed by atoms with Gasteiger partial charge in [-0.25, -0.2) is 9.97 Å². The summed E-state index contributed by atoms with van der Waals surface area (Å²) in [6, 6.07) is 7.55. The normalized spacial score (nSPS) is 12.8. The molecule has 0 saturated carbocycles. The quantitative estimate of drug-likeness (QED) is 0.284. The third-order valence-corrected chi connectivity index (χ3v) is 8.26. The molecule has 5 rings (SSSR count). The van der Waals surface area contributed by atoms with Gasteiger partial charge in [0.25, 0.3) is 5.56 Å². The van der Waals surface area contributed by atoms with Crippen LogP contribution in [0.3, 0.4) is 0 Å². The summed E-state index contributed by atoms with van der Waals surface area (Å²) in [4.78, 5) is 36.5. The lowest BCUT2D eigenvalue weighted by Crippen LogP contribution is -2.21. The molecular formula is C23H22N4O3S3. The van der Waals surface area contributed by atoms with Crippen LogP contribution >= 0.6 is 34.4 Å². The van der Waals surface area contributed by atoms with Crippen LogP contribution in [0, 0.1) is 0 Å². The van der Waals surface area contributed by atoms with Crippen molar-refractivity contribution in [2.45, 2.75) is 44.0 Å². The number of thiophene rings is 1. The number of carbonyl (C=O) groups excluding carboxylic acids is 1. The van der Waals surface area contributed by atoms with Crippen LogP contribution in [0.4, 0.5) is 5.13 Å². The zero-order valence-electron chi connectivity index (χ0n) is 18.2. The molecule has 0 bridgehead atoms. The number of aryl methyl sites for hydroxylation is 2. The number of thioether (sulfide) groups is 1. The van der Waals surface area contributed by atoms with Crippen molar-refractivity contribution in [3.05, 3.63) is 56.1 Å². The molecule has 170 valence electrons. The molecule has 4 aromatic rings. The molecule has 0 unspecified atom stereocenters. The number of aromatic nitrogens is 3. The number of nitrogens with one attached hydrogen (secondary N) is 1. The van der Waals surface area contributed by atoms with Crippen molar-refractivity contribution in [2.75, 3.05) is 11.9 Å². The highest BCUT2D eigenvalue weighted by Gasteiger charge is 2.24. The smallest absolute Gasteiger partial charge is 0.267 e. The van der Waals surface area contributed by atoms with E-state index in [4.69, 9.17) is 9.72 Å². The van der Waals surface area contributed by atoms with Crippen molar-refractivity contribution >= 4 is 55.7 Å². The maximum atomic E-state index is 13.7. The van der Waals surface area contributed by atoms with Gasteiger partial charge in [-0.3, -0.25) is 14.2 Å². The second-order valence-electron chi connectivity index (χ2n) is 7.61. The summed E-state index contributed by atoms with van der Waals surface area (Å²) in [6.07, 6.45) is 3.05. The Kier molecular flexibility index (Phi) is 6.22.